The molecule has 0 aliphatic heterocycles. The third-order valence-electron chi connectivity index (χ3n) is 4.93. The van der Waals surface area contributed by atoms with Gasteiger partial charge in [-0.2, -0.15) is 52.7 Å². The molecule has 0 aliphatic carbocycles. The quantitative estimate of drug-likeness (QED) is 0.421. The number of alkyl halides is 12. The largest absolute Gasteiger partial charge is 0.481 e. The third-order valence-corrected chi connectivity index (χ3v) is 4.93. The number of carboxylic acids is 1. The summed E-state index contributed by atoms with van der Waals surface area (Å²) >= 11 is 0. The number of halogens is 12. The molecule has 0 aromatic heterocycles. The van der Waals surface area contributed by atoms with Crippen molar-refractivity contribution in [1.29, 1.82) is 0 Å². The highest BCUT2D eigenvalue weighted by Gasteiger charge is 2.53. The van der Waals surface area contributed by atoms with Gasteiger partial charge in [-0.3, -0.25) is 4.79 Å². The summed E-state index contributed by atoms with van der Waals surface area (Å²) < 4.78 is 161. The minimum absolute atomic E-state index is 0.351. The fourth-order valence-electron chi connectivity index (χ4n) is 3.42. The molecule has 0 aliphatic rings. The van der Waals surface area contributed by atoms with Gasteiger partial charge in [0.25, 0.3) is 0 Å². The van der Waals surface area contributed by atoms with Gasteiger partial charge in [0, 0.05) is 6.54 Å². The molecule has 1 rings (SSSR count). The fourth-order valence-corrected chi connectivity index (χ4v) is 3.42. The van der Waals surface area contributed by atoms with E-state index in [-0.39, 0.29) is 6.42 Å². The summed E-state index contributed by atoms with van der Waals surface area (Å²) in [5.74, 6) is -4.53. The van der Waals surface area contributed by atoms with Crippen LogP contribution in [0.15, 0.2) is 6.07 Å². The van der Waals surface area contributed by atoms with Crippen molar-refractivity contribution in [3.8, 4) is 0 Å². The number of hydrogen-bond acceptors (Lipinski definition) is 2. The maximum atomic E-state index is 13.6. The molecule has 2 unspecified atom stereocenters. The van der Waals surface area contributed by atoms with Crippen molar-refractivity contribution in [2.24, 2.45) is 17.6 Å². The maximum Gasteiger partial charge on any atom is 0.417 e. The Hall–Kier alpha value is -2.19. The lowest BCUT2D eigenvalue weighted by Crippen LogP contribution is -2.30. The first kappa shape index (κ1) is 28.8. The van der Waals surface area contributed by atoms with Crippen molar-refractivity contribution in [2.75, 3.05) is 6.54 Å². The standard InChI is InChI=1S/C18H17F12NO2/c1-2-7(3-8(6-31)14(32)33)4-9-12(17(25,26)27)10(15(19,20)21)5-11(16(22,23)24)13(9)18(28,29)30/h5,7-8H,2-4,6,31H2,1H3,(H,32,33). The smallest absolute Gasteiger partial charge is 0.417 e. The van der Waals surface area contributed by atoms with Gasteiger partial charge in [0.15, 0.2) is 0 Å². The maximum absolute atomic E-state index is 13.6. The first-order valence-electron chi connectivity index (χ1n) is 9.07. The van der Waals surface area contributed by atoms with Crippen LogP contribution in [0.2, 0.25) is 0 Å². The first-order valence-corrected chi connectivity index (χ1v) is 9.07. The van der Waals surface area contributed by atoms with Crippen LogP contribution >= 0.6 is 0 Å². The van der Waals surface area contributed by atoms with Crippen molar-refractivity contribution in [3.63, 3.8) is 0 Å². The van der Waals surface area contributed by atoms with Crippen LogP contribution in [0.3, 0.4) is 0 Å². The zero-order chi connectivity index (χ0) is 26.2. The Labute approximate surface area is 178 Å². The van der Waals surface area contributed by atoms with Crippen LogP contribution in [0.4, 0.5) is 52.7 Å². The Morgan fingerprint density at radius 1 is 0.848 bits per heavy atom. The first-order chi connectivity index (χ1) is 14.7. The summed E-state index contributed by atoms with van der Waals surface area (Å²) in [6, 6.07) is -1.20. The molecule has 190 valence electrons. The van der Waals surface area contributed by atoms with Crippen LogP contribution in [0, 0.1) is 11.8 Å². The molecule has 15 heteroatoms. The van der Waals surface area contributed by atoms with Gasteiger partial charge in [0.2, 0.25) is 0 Å². The van der Waals surface area contributed by atoms with Crippen LogP contribution in [0.1, 0.15) is 47.6 Å². The number of nitrogens with two attached hydrogens (primary N) is 1. The summed E-state index contributed by atoms with van der Waals surface area (Å²) in [6.07, 6.45) is -26.9. The van der Waals surface area contributed by atoms with Gasteiger partial charge < -0.3 is 10.8 Å². The molecule has 0 saturated heterocycles. The molecule has 0 saturated carbocycles. The van der Waals surface area contributed by atoms with E-state index in [1.54, 1.807) is 0 Å². The van der Waals surface area contributed by atoms with E-state index in [9.17, 15) is 57.5 Å². The van der Waals surface area contributed by atoms with Gasteiger partial charge in [-0.1, -0.05) is 13.3 Å². The van der Waals surface area contributed by atoms with Crippen LogP contribution in [0.5, 0.6) is 0 Å². The number of rotatable bonds is 7. The monoisotopic (exact) mass is 507 g/mol. The van der Waals surface area contributed by atoms with E-state index >= 15 is 0 Å². The number of benzene rings is 1. The average Bonchev–Trinajstić information content (AvgIpc) is 2.60. The third kappa shape index (κ3) is 6.90. The summed E-state index contributed by atoms with van der Waals surface area (Å²) in [5.41, 5.74) is -8.69. The summed E-state index contributed by atoms with van der Waals surface area (Å²) in [6.45, 7) is 0.569. The predicted octanol–water partition coefficient (Wildman–Crippen LogP) is 6.38. The van der Waals surface area contributed by atoms with Gasteiger partial charge >= 0.3 is 30.7 Å². The molecule has 1 aromatic carbocycles. The predicted molar refractivity (Wildman–Crippen MR) is 88.7 cm³/mol. The molecule has 0 heterocycles. The van der Waals surface area contributed by atoms with Gasteiger partial charge in [0.1, 0.15) is 0 Å². The average molecular weight is 507 g/mol. The summed E-state index contributed by atoms with van der Waals surface area (Å²) in [7, 11) is 0. The molecule has 0 amide bonds. The Morgan fingerprint density at radius 2 is 1.24 bits per heavy atom. The lowest BCUT2D eigenvalue weighted by atomic mass is 9.81. The molecule has 0 bridgehead atoms. The molecule has 0 fully saturated rings. The fraction of sp³-hybridized carbons (Fsp3) is 0.611. The minimum Gasteiger partial charge on any atom is -0.481 e. The van der Waals surface area contributed by atoms with Gasteiger partial charge in [-0.25, -0.2) is 0 Å². The van der Waals surface area contributed by atoms with E-state index in [1.807, 2.05) is 0 Å². The lowest BCUT2D eigenvalue weighted by Gasteiger charge is -2.29. The van der Waals surface area contributed by atoms with Crippen LogP contribution in [-0.2, 0) is 35.9 Å². The molecular formula is C18H17F12NO2. The Bertz CT molecular complexity index is 802. The normalized spacial score (nSPS) is 15.5. The molecule has 0 spiro atoms. The van der Waals surface area contributed by atoms with Crippen LogP contribution in [-0.4, -0.2) is 17.6 Å². The summed E-state index contributed by atoms with van der Waals surface area (Å²) in [5, 5.41) is 9.02. The van der Waals surface area contributed by atoms with E-state index in [1.165, 1.54) is 6.92 Å². The van der Waals surface area contributed by atoms with Gasteiger partial charge in [-0.05, 0) is 30.4 Å². The van der Waals surface area contributed by atoms with E-state index in [0.717, 1.165) is 0 Å². The lowest BCUT2D eigenvalue weighted by molar-refractivity contribution is -0.171. The highest BCUT2D eigenvalue weighted by atomic mass is 19.4. The molecule has 1 aromatic rings. The molecular weight excluding hydrogens is 490 g/mol. The van der Waals surface area contributed by atoms with Gasteiger partial charge in [-0.15, -0.1) is 0 Å². The zero-order valence-electron chi connectivity index (χ0n) is 16.5. The highest BCUT2D eigenvalue weighted by molar-refractivity contribution is 5.70. The van der Waals surface area contributed by atoms with Gasteiger partial charge in [0.05, 0.1) is 28.2 Å². The Balaban J connectivity index is 4.09. The van der Waals surface area contributed by atoms with Crippen molar-refractivity contribution >= 4 is 5.97 Å². The van der Waals surface area contributed by atoms with Crippen molar-refractivity contribution in [1.82, 2.24) is 0 Å². The van der Waals surface area contributed by atoms with Crippen molar-refractivity contribution in [2.45, 2.75) is 50.9 Å². The Morgan fingerprint density at radius 3 is 1.48 bits per heavy atom. The number of hydrogen-bond donors (Lipinski definition) is 2. The van der Waals surface area contributed by atoms with Crippen molar-refractivity contribution in [3.05, 3.63) is 33.9 Å². The van der Waals surface area contributed by atoms with E-state index in [2.05, 4.69) is 0 Å². The van der Waals surface area contributed by atoms with E-state index < -0.39 is 95.8 Å². The second kappa shape index (κ2) is 9.58. The van der Waals surface area contributed by atoms with E-state index in [0.29, 0.717) is 0 Å². The molecule has 0 radical (unpaired) electrons. The molecule has 33 heavy (non-hydrogen) atoms. The van der Waals surface area contributed by atoms with Crippen molar-refractivity contribution < 1.29 is 62.6 Å². The number of carboxylic acid groups (broad SMARTS) is 1. The topological polar surface area (TPSA) is 63.3 Å². The minimum atomic E-state index is -6.11. The number of aliphatic carboxylic acids is 1. The SMILES string of the molecule is CCC(Cc1c(C(F)(F)F)c(C(F)(F)F)cc(C(F)(F)F)c1C(F)(F)F)CC(CN)C(=O)O. The molecule has 3 N–H and O–H groups in total. The second-order valence-electron chi connectivity index (χ2n) is 7.18. The second-order valence-corrected chi connectivity index (χ2v) is 7.18. The summed E-state index contributed by atoms with van der Waals surface area (Å²) in [4.78, 5) is 11.1. The Kier molecular flexibility index (Phi) is 8.38. The van der Waals surface area contributed by atoms with E-state index in [4.69, 9.17) is 10.8 Å². The zero-order valence-corrected chi connectivity index (χ0v) is 16.5. The molecule has 2 atom stereocenters. The van der Waals surface area contributed by atoms with Crippen LogP contribution < -0.4 is 5.73 Å². The number of carbonyl (C=O) groups is 1. The van der Waals surface area contributed by atoms with Crippen LogP contribution in [0.25, 0.3) is 0 Å². The highest BCUT2D eigenvalue weighted by Crippen LogP contribution is 2.51. The molecule has 3 nitrogen and oxygen atoms in total.